The minimum atomic E-state index is -0.368. The number of hydrogen-bond acceptors (Lipinski definition) is 4. The molecule has 4 nitrogen and oxygen atoms in total. The van der Waals surface area contributed by atoms with Crippen molar-refractivity contribution in [2.75, 3.05) is 26.4 Å². The molecule has 1 fully saturated rings. The Morgan fingerprint density at radius 1 is 1.13 bits per heavy atom. The van der Waals surface area contributed by atoms with Gasteiger partial charge in [-0.2, -0.15) is 0 Å². The summed E-state index contributed by atoms with van der Waals surface area (Å²) in [5.41, 5.74) is 3.08. The Morgan fingerprint density at radius 2 is 1.84 bits per heavy atom. The van der Waals surface area contributed by atoms with Crippen molar-refractivity contribution in [3.63, 3.8) is 0 Å². The smallest absolute Gasteiger partial charge is 0.333 e. The van der Waals surface area contributed by atoms with Crippen LogP contribution in [0.3, 0.4) is 0 Å². The molecule has 2 rings (SSSR count). The second-order valence-electron chi connectivity index (χ2n) is 9.20. The molecule has 1 aromatic rings. The van der Waals surface area contributed by atoms with Gasteiger partial charge in [0.25, 0.3) is 0 Å². The SMILES string of the molecule is C=C(C)C(=O)OCC(COCCO)Cc1ccc(C2CCC(CCCCC)CC2)cc1. The van der Waals surface area contributed by atoms with Gasteiger partial charge in [-0.05, 0) is 62.0 Å². The molecule has 1 atom stereocenters. The molecule has 1 aromatic carbocycles. The number of hydrogen-bond donors (Lipinski definition) is 1. The van der Waals surface area contributed by atoms with Gasteiger partial charge in [0.2, 0.25) is 0 Å². The Labute approximate surface area is 189 Å². The Morgan fingerprint density at radius 3 is 2.45 bits per heavy atom. The van der Waals surface area contributed by atoms with E-state index >= 15 is 0 Å². The predicted octanol–water partition coefficient (Wildman–Crippen LogP) is 5.83. The topological polar surface area (TPSA) is 55.8 Å². The summed E-state index contributed by atoms with van der Waals surface area (Å²) in [7, 11) is 0. The van der Waals surface area contributed by atoms with E-state index in [9.17, 15) is 4.79 Å². The molecule has 0 aliphatic heterocycles. The highest BCUT2D eigenvalue weighted by molar-refractivity contribution is 5.86. The maximum absolute atomic E-state index is 11.7. The number of esters is 1. The van der Waals surface area contributed by atoms with Gasteiger partial charge in [-0.1, -0.05) is 63.5 Å². The molecule has 4 heteroatoms. The van der Waals surface area contributed by atoms with Crippen LogP contribution in [0.4, 0.5) is 0 Å². The summed E-state index contributed by atoms with van der Waals surface area (Å²) in [4.78, 5) is 11.7. The van der Waals surface area contributed by atoms with Gasteiger partial charge in [0.15, 0.2) is 0 Å². The summed E-state index contributed by atoms with van der Waals surface area (Å²) < 4.78 is 10.9. The Bertz CT molecular complexity index is 644. The van der Waals surface area contributed by atoms with Crippen molar-refractivity contribution in [1.29, 1.82) is 0 Å². The van der Waals surface area contributed by atoms with Crippen LogP contribution in [-0.2, 0) is 20.7 Å². The Hall–Kier alpha value is -1.65. The third kappa shape index (κ3) is 9.57. The molecule has 0 radical (unpaired) electrons. The molecule has 1 aliphatic rings. The van der Waals surface area contributed by atoms with E-state index in [1.165, 1.54) is 62.5 Å². The first-order chi connectivity index (χ1) is 15.0. The van der Waals surface area contributed by atoms with Crippen LogP contribution >= 0.6 is 0 Å². The minimum absolute atomic E-state index is 0.00613. The molecule has 0 saturated heterocycles. The Balaban J connectivity index is 1.85. The molecule has 0 aromatic heterocycles. The molecular weight excluding hydrogens is 388 g/mol. The average molecular weight is 431 g/mol. The number of ether oxygens (including phenoxy) is 2. The summed E-state index contributed by atoms with van der Waals surface area (Å²) in [6.45, 7) is 8.59. The molecule has 0 heterocycles. The zero-order valence-corrected chi connectivity index (χ0v) is 19.6. The molecular formula is C27H42O4. The van der Waals surface area contributed by atoms with Gasteiger partial charge in [-0.3, -0.25) is 0 Å². The van der Waals surface area contributed by atoms with Gasteiger partial charge in [-0.25, -0.2) is 4.79 Å². The van der Waals surface area contributed by atoms with Crippen molar-refractivity contribution < 1.29 is 19.4 Å². The lowest BCUT2D eigenvalue weighted by Crippen LogP contribution is -2.22. The van der Waals surface area contributed by atoms with E-state index in [2.05, 4.69) is 37.8 Å². The number of unbranched alkanes of at least 4 members (excludes halogenated alkanes) is 2. The van der Waals surface area contributed by atoms with Crippen LogP contribution in [0.5, 0.6) is 0 Å². The van der Waals surface area contributed by atoms with Gasteiger partial charge in [0, 0.05) is 11.5 Å². The minimum Gasteiger partial charge on any atom is -0.462 e. The number of carbonyl (C=O) groups excluding carboxylic acids is 1. The fourth-order valence-electron chi connectivity index (χ4n) is 4.52. The van der Waals surface area contributed by atoms with Gasteiger partial charge in [0.05, 0.1) is 26.4 Å². The van der Waals surface area contributed by atoms with Crippen molar-refractivity contribution in [2.45, 2.75) is 77.6 Å². The number of aliphatic hydroxyl groups excluding tert-OH is 1. The number of rotatable bonds is 14. The molecule has 174 valence electrons. The molecule has 31 heavy (non-hydrogen) atoms. The third-order valence-corrected chi connectivity index (χ3v) is 6.43. The van der Waals surface area contributed by atoms with Crippen molar-refractivity contribution in [1.82, 2.24) is 0 Å². The highest BCUT2D eigenvalue weighted by atomic mass is 16.5. The van der Waals surface area contributed by atoms with Gasteiger partial charge >= 0.3 is 5.97 Å². The van der Waals surface area contributed by atoms with Crippen molar-refractivity contribution in [2.24, 2.45) is 11.8 Å². The fraction of sp³-hybridized carbons (Fsp3) is 0.667. The van der Waals surface area contributed by atoms with E-state index in [1.54, 1.807) is 6.92 Å². The van der Waals surface area contributed by atoms with Crippen molar-refractivity contribution in [3.8, 4) is 0 Å². The zero-order chi connectivity index (χ0) is 22.5. The standard InChI is InChI=1S/C27H42O4/c1-4-5-6-7-22-8-12-25(13-9-22)26-14-10-23(11-15-26)18-24(19-30-17-16-28)20-31-27(29)21(2)3/h10-11,14-15,22,24-25,28H,2,4-9,12-13,16-20H2,1,3H3. The number of aliphatic hydroxyl groups is 1. The van der Waals surface area contributed by atoms with Gasteiger partial charge in [0.1, 0.15) is 0 Å². The molecule has 1 saturated carbocycles. The van der Waals surface area contributed by atoms with Gasteiger partial charge in [-0.15, -0.1) is 0 Å². The lowest BCUT2D eigenvalue weighted by Gasteiger charge is -2.29. The van der Waals surface area contributed by atoms with E-state index < -0.39 is 0 Å². The molecule has 0 spiro atoms. The molecule has 0 bridgehead atoms. The van der Waals surface area contributed by atoms with Crippen LogP contribution in [0.25, 0.3) is 0 Å². The zero-order valence-electron chi connectivity index (χ0n) is 19.6. The van der Waals surface area contributed by atoms with Crippen molar-refractivity contribution in [3.05, 3.63) is 47.5 Å². The van der Waals surface area contributed by atoms with E-state index in [0.717, 1.165) is 12.3 Å². The summed E-state index contributed by atoms with van der Waals surface area (Å²) in [6.07, 6.45) is 11.6. The van der Waals surface area contributed by atoms with Crippen LogP contribution in [0, 0.1) is 11.8 Å². The summed E-state index contributed by atoms with van der Waals surface area (Å²) >= 11 is 0. The second kappa shape index (κ2) is 14.4. The summed E-state index contributed by atoms with van der Waals surface area (Å²) in [5.74, 6) is 1.31. The average Bonchev–Trinajstić information content (AvgIpc) is 2.78. The van der Waals surface area contributed by atoms with Crippen LogP contribution in [-0.4, -0.2) is 37.5 Å². The largest absolute Gasteiger partial charge is 0.462 e. The molecule has 1 N–H and O–H groups in total. The van der Waals surface area contributed by atoms with Crippen LogP contribution in [0.1, 0.15) is 82.3 Å². The lowest BCUT2D eigenvalue weighted by molar-refractivity contribution is -0.141. The highest BCUT2D eigenvalue weighted by Gasteiger charge is 2.22. The summed E-state index contributed by atoms with van der Waals surface area (Å²) in [6, 6.07) is 8.98. The first-order valence-electron chi connectivity index (χ1n) is 12.1. The molecule has 1 aliphatic carbocycles. The van der Waals surface area contributed by atoms with Crippen molar-refractivity contribution >= 4 is 5.97 Å². The monoisotopic (exact) mass is 430 g/mol. The fourth-order valence-corrected chi connectivity index (χ4v) is 4.52. The maximum atomic E-state index is 11.7. The summed E-state index contributed by atoms with van der Waals surface area (Å²) in [5, 5.41) is 8.96. The normalized spacial score (nSPS) is 19.7. The predicted molar refractivity (Wildman–Crippen MR) is 126 cm³/mol. The van der Waals surface area contributed by atoms with E-state index in [0.29, 0.717) is 31.3 Å². The first kappa shape index (κ1) is 25.6. The molecule has 1 unspecified atom stereocenters. The third-order valence-electron chi connectivity index (χ3n) is 6.43. The number of carbonyl (C=O) groups is 1. The second-order valence-corrected chi connectivity index (χ2v) is 9.20. The Kier molecular flexibility index (Phi) is 11.9. The number of benzene rings is 1. The molecule has 0 amide bonds. The van der Waals surface area contributed by atoms with Crippen LogP contribution < -0.4 is 0 Å². The van der Waals surface area contributed by atoms with Crippen LogP contribution in [0.15, 0.2) is 36.4 Å². The van der Waals surface area contributed by atoms with E-state index in [1.807, 2.05) is 0 Å². The highest BCUT2D eigenvalue weighted by Crippen LogP contribution is 2.37. The van der Waals surface area contributed by atoms with Gasteiger partial charge < -0.3 is 14.6 Å². The first-order valence-corrected chi connectivity index (χ1v) is 12.1. The lowest BCUT2D eigenvalue weighted by atomic mass is 9.77. The quantitative estimate of drug-likeness (QED) is 0.229. The van der Waals surface area contributed by atoms with Crippen LogP contribution in [0.2, 0.25) is 0 Å². The van der Waals surface area contributed by atoms with E-state index in [-0.39, 0.29) is 18.5 Å². The maximum Gasteiger partial charge on any atom is 0.333 e. The van der Waals surface area contributed by atoms with E-state index in [4.69, 9.17) is 14.6 Å².